The van der Waals surface area contributed by atoms with E-state index in [0.29, 0.717) is 11.4 Å². The highest BCUT2D eigenvalue weighted by Crippen LogP contribution is 2.28. The zero-order chi connectivity index (χ0) is 14.0. The Labute approximate surface area is 113 Å². The number of nitrogen functional groups attached to an aromatic ring is 1. The third-order valence-electron chi connectivity index (χ3n) is 2.44. The lowest BCUT2D eigenvalue weighted by molar-refractivity contribution is -0.384. The number of nitro groups is 1. The van der Waals surface area contributed by atoms with Gasteiger partial charge in [0.05, 0.1) is 21.3 Å². The standard InChI is InChI=1S/C12H9ClFN3O2/c13-9-3-1-7(5-10(9)14)16-12-4-2-8(17(18)19)6-11(12)15/h1-6,16H,15H2. The first-order chi connectivity index (χ1) is 8.97. The number of anilines is 3. The predicted octanol–water partition coefficient (Wildman–Crippen LogP) is 3.71. The Hall–Kier alpha value is -2.34. The van der Waals surface area contributed by atoms with Crippen molar-refractivity contribution in [2.75, 3.05) is 11.1 Å². The van der Waals surface area contributed by atoms with Crippen molar-refractivity contribution in [3.63, 3.8) is 0 Å². The van der Waals surface area contributed by atoms with Gasteiger partial charge in [-0.3, -0.25) is 10.1 Å². The molecular weight excluding hydrogens is 273 g/mol. The zero-order valence-electron chi connectivity index (χ0n) is 9.56. The van der Waals surface area contributed by atoms with Crippen LogP contribution in [0.15, 0.2) is 36.4 Å². The quantitative estimate of drug-likeness (QED) is 0.510. The monoisotopic (exact) mass is 281 g/mol. The Kier molecular flexibility index (Phi) is 3.52. The molecule has 0 saturated heterocycles. The van der Waals surface area contributed by atoms with Crippen LogP contribution >= 0.6 is 11.6 Å². The van der Waals surface area contributed by atoms with Gasteiger partial charge in [0.15, 0.2) is 0 Å². The van der Waals surface area contributed by atoms with Crippen LogP contribution in [0.1, 0.15) is 0 Å². The third kappa shape index (κ3) is 2.92. The first-order valence-electron chi connectivity index (χ1n) is 5.23. The summed E-state index contributed by atoms with van der Waals surface area (Å²) in [6, 6.07) is 8.19. The lowest BCUT2D eigenvalue weighted by Gasteiger charge is -2.09. The number of nitrogens with zero attached hydrogens (tertiary/aromatic N) is 1. The summed E-state index contributed by atoms with van der Waals surface area (Å²) in [6.07, 6.45) is 0. The second-order valence-electron chi connectivity index (χ2n) is 3.78. The molecule has 0 aliphatic carbocycles. The predicted molar refractivity (Wildman–Crippen MR) is 72.2 cm³/mol. The number of rotatable bonds is 3. The smallest absolute Gasteiger partial charge is 0.271 e. The van der Waals surface area contributed by atoms with E-state index < -0.39 is 10.7 Å². The fraction of sp³-hybridized carbons (Fsp3) is 0. The van der Waals surface area contributed by atoms with Crippen LogP contribution in [-0.4, -0.2) is 4.92 Å². The molecule has 2 aromatic carbocycles. The lowest BCUT2D eigenvalue weighted by atomic mass is 10.2. The number of non-ortho nitro benzene ring substituents is 1. The molecule has 5 nitrogen and oxygen atoms in total. The van der Waals surface area contributed by atoms with E-state index in [2.05, 4.69) is 5.32 Å². The van der Waals surface area contributed by atoms with Crippen LogP contribution in [0.4, 0.5) is 27.1 Å². The van der Waals surface area contributed by atoms with Crippen molar-refractivity contribution < 1.29 is 9.31 Å². The lowest BCUT2D eigenvalue weighted by Crippen LogP contribution is -1.98. The summed E-state index contributed by atoms with van der Waals surface area (Å²) >= 11 is 5.57. The number of nitrogens with one attached hydrogen (secondary N) is 1. The summed E-state index contributed by atoms with van der Waals surface area (Å²) in [5.74, 6) is -0.563. The van der Waals surface area contributed by atoms with Gasteiger partial charge in [-0.15, -0.1) is 0 Å². The maximum Gasteiger partial charge on any atom is 0.271 e. The fourth-order valence-electron chi connectivity index (χ4n) is 1.51. The van der Waals surface area contributed by atoms with Gasteiger partial charge in [0.25, 0.3) is 5.69 Å². The molecule has 0 bridgehead atoms. The van der Waals surface area contributed by atoms with Crippen LogP contribution in [0.5, 0.6) is 0 Å². The number of benzene rings is 2. The molecule has 0 aliphatic heterocycles. The number of hydrogen-bond donors (Lipinski definition) is 2. The molecule has 0 amide bonds. The largest absolute Gasteiger partial charge is 0.397 e. The highest BCUT2D eigenvalue weighted by molar-refractivity contribution is 6.30. The molecule has 0 radical (unpaired) electrons. The van der Waals surface area contributed by atoms with E-state index in [-0.39, 0.29) is 16.4 Å². The van der Waals surface area contributed by atoms with Crippen LogP contribution in [0, 0.1) is 15.9 Å². The van der Waals surface area contributed by atoms with Gasteiger partial charge in [-0.2, -0.15) is 0 Å². The summed E-state index contributed by atoms with van der Waals surface area (Å²) in [4.78, 5) is 10.0. The van der Waals surface area contributed by atoms with Gasteiger partial charge < -0.3 is 11.1 Å². The van der Waals surface area contributed by atoms with Crippen molar-refractivity contribution in [2.45, 2.75) is 0 Å². The molecule has 7 heteroatoms. The Balaban J connectivity index is 2.28. The molecule has 2 aromatic rings. The molecule has 2 rings (SSSR count). The van der Waals surface area contributed by atoms with Crippen LogP contribution in [0.2, 0.25) is 5.02 Å². The van der Waals surface area contributed by atoms with Gasteiger partial charge >= 0.3 is 0 Å². The molecule has 98 valence electrons. The molecule has 0 unspecified atom stereocenters. The number of nitro benzene ring substituents is 1. The van der Waals surface area contributed by atoms with E-state index in [1.165, 1.54) is 30.3 Å². The number of nitrogens with two attached hydrogens (primary N) is 1. The van der Waals surface area contributed by atoms with Crippen molar-refractivity contribution in [2.24, 2.45) is 0 Å². The van der Waals surface area contributed by atoms with E-state index >= 15 is 0 Å². The van der Waals surface area contributed by atoms with E-state index in [0.717, 1.165) is 0 Å². The maximum absolute atomic E-state index is 13.3. The molecular formula is C12H9ClFN3O2. The molecule has 0 aromatic heterocycles. The van der Waals surface area contributed by atoms with Crippen LogP contribution < -0.4 is 11.1 Å². The molecule has 3 N–H and O–H groups in total. The molecule has 0 heterocycles. The normalized spacial score (nSPS) is 10.2. The van der Waals surface area contributed by atoms with E-state index in [4.69, 9.17) is 17.3 Å². The minimum Gasteiger partial charge on any atom is -0.397 e. The van der Waals surface area contributed by atoms with Gasteiger partial charge in [-0.05, 0) is 24.3 Å². The van der Waals surface area contributed by atoms with Gasteiger partial charge in [-0.1, -0.05) is 11.6 Å². The molecule has 0 fully saturated rings. The van der Waals surface area contributed by atoms with Gasteiger partial charge in [-0.25, -0.2) is 4.39 Å². The van der Waals surface area contributed by atoms with Crippen molar-refractivity contribution in [1.82, 2.24) is 0 Å². The van der Waals surface area contributed by atoms with Crippen LogP contribution in [0.25, 0.3) is 0 Å². The number of halogens is 2. The van der Waals surface area contributed by atoms with E-state index in [1.54, 1.807) is 6.07 Å². The minimum absolute atomic E-state index is 0.0159. The summed E-state index contributed by atoms with van der Waals surface area (Å²) < 4.78 is 13.3. The minimum atomic E-state index is -0.563. The van der Waals surface area contributed by atoms with Crippen molar-refractivity contribution in [1.29, 1.82) is 0 Å². The fourth-order valence-corrected chi connectivity index (χ4v) is 1.62. The first kappa shape index (κ1) is 13.1. The Morgan fingerprint density at radius 3 is 2.58 bits per heavy atom. The van der Waals surface area contributed by atoms with E-state index in [1.807, 2.05) is 0 Å². The first-order valence-corrected chi connectivity index (χ1v) is 5.61. The van der Waals surface area contributed by atoms with Crippen molar-refractivity contribution >= 4 is 34.4 Å². The second kappa shape index (κ2) is 5.11. The van der Waals surface area contributed by atoms with Crippen molar-refractivity contribution in [3.8, 4) is 0 Å². The van der Waals surface area contributed by atoms with Crippen molar-refractivity contribution in [3.05, 3.63) is 57.4 Å². The highest BCUT2D eigenvalue weighted by atomic mass is 35.5. The molecule has 0 aliphatic rings. The van der Waals surface area contributed by atoms with Gasteiger partial charge in [0.1, 0.15) is 5.82 Å². The summed E-state index contributed by atoms with van der Waals surface area (Å²) in [7, 11) is 0. The van der Waals surface area contributed by atoms with Gasteiger partial charge in [0.2, 0.25) is 0 Å². The summed E-state index contributed by atoms with van der Waals surface area (Å²) in [6.45, 7) is 0. The van der Waals surface area contributed by atoms with Crippen LogP contribution in [-0.2, 0) is 0 Å². The average Bonchev–Trinajstić information content (AvgIpc) is 2.36. The Bertz CT molecular complexity index is 649. The Morgan fingerprint density at radius 1 is 1.26 bits per heavy atom. The molecule has 0 saturated carbocycles. The molecule has 0 atom stereocenters. The Morgan fingerprint density at radius 2 is 2.00 bits per heavy atom. The summed E-state index contributed by atoms with van der Waals surface area (Å²) in [5.41, 5.74) is 6.68. The van der Waals surface area contributed by atoms with E-state index in [9.17, 15) is 14.5 Å². The zero-order valence-corrected chi connectivity index (χ0v) is 10.3. The second-order valence-corrected chi connectivity index (χ2v) is 4.19. The van der Waals surface area contributed by atoms with Crippen LogP contribution in [0.3, 0.4) is 0 Å². The molecule has 0 spiro atoms. The highest BCUT2D eigenvalue weighted by Gasteiger charge is 2.09. The third-order valence-corrected chi connectivity index (χ3v) is 2.75. The summed E-state index contributed by atoms with van der Waals surface area (Å²) in [5, 5.41) is 13.4. The number of hydrogen-bond acceptors (Lipinski definition) is 4. The molecule has 19 heavy (non-hydrogen) atoms. The topological polar surface area (TPSA) is 81.2 Å². The SMILES string of the molecule is Nc1cc([N+](=O)[O-])ccc1Nc1ccc(Cl)c(F)c1. The van der Waals surface area contributed by atoms with Gasteiger partial charge in [0, 0.05) is 17.8 Å². The average molecular weight is 282 g/mol. The maximum atomic E-state index is 13.3.